The van der Waals surface area contributed by atoms with Gasteiger partial charge < -0.3 is 19.7 Å². The summed E-state index contributed by atoms with van der Waals surface area (Å²) in [6.07, 6.45) is 0. The molecule has 0 unspecified atom stereocenters. The third kappa shape index (κ3) is 6.02. The number of rotatable bonds is 8. The molecule has 27 heavy (non-hydrogen) atoms. The third-order valence-corrected chi connectivity index (χ3v) is 4.17. The zero-order chi connectivity index (χ0) is 19.8. The number of ether oxygens (including phenoxy) is 2. The van der Waals surface area contributed by atoms with Crippen LogP contribution >= 0.6 is 0 Å². The highest BCUT2D eigenvalue weighted by Gasteiger charge is 2.14. The van der Waals surface area contributed by atoms with Crippen LogP contribution in [0.1, 0.15) is 23.6 Å². The summed E-state index contributed by atoms with van der Waals surface area (Å²) in [6.45, 7) is 4.22. The highest BCUT2D eigenvalue weighted by atomic mass is 16.5. The first-order valence-corrected chi connectivity index (χ1v) is 8.71. The summed E-state index contributed by atoms with van der Waals surface area (Å²) in [5.74, 6) is 0.882. The number of methoxy groups -OCH3 is 2. The number of benzene rings is 2. The van der Waals surface area contributed by atoms with Crippen LogP contribution in [-0.4, -0.2) is 37.5 Å². The van der Waals surface area contributed by atoms with E-state index in [1.54, 1.807) is 20.3 Å². The number of nitrogens with one attached hydrogen (secondary N) is 1. The van der Waals surface area contributed by atoms with Crippen molar-refractivity contribution in [2.75, 3.05) is 20.8 Å². The van der Waals surface area contributed by atoms with E-state index in [2.05, 4.69) is 5.32 Å². The van der Waals surface area contributed by atoms with Crippen LogP contribution in [0.15, 0.2) is 42.5 Å². The topological polar surface area (TPSA) is 67.9 Å². The summed E-state index contributed by atoms with van der Waals surface area (Å²) < 4.78 is 10.5. The first kappa shape index (κ1) is 20.3. The van der Waals surface area contributed by atoms with Gasteiger partial charge in [0.25, 0.3) is 0 Å². The van der Waals surface area contributed by atoms with Gasteiger partial charge in [-0.1, -0.05) is 35.9 Å². The van der Waals surface area contributed by atoms with E-state index in [-0.39, 0.29) is 18.4 Å². The summed E-state index contributed by atoms with van der Waals surface area (Å²) in [6, 6.07) is 13.4. The predicted molar refractivity (Wildman–Crippen MR) is 104 cm³/mol. The van der Waals surface area contributed by atoms with E-state index in [4.69, 9.17) is 9.47 Å². The predicted octanol–water partition coefficient (Wildman–Crippen LogP) is 2.68. The number of aryl methyl sites for hydroxylation is 1. The van der Waals surface area contributed by atoms with Crippen molar-refractivity contribution < 1.29 is 19.1 Å². The quantitative estimate of drug-likeness (QED) is 0.776. The monoisotopic (exact) mass is 370 g/mol. The molecule has 0 radical (unpaired) electrons. The molecule has 0 heterocycles. The fourth-order valence-electron chi connectivity index (χ4n) is 2.73. The molecule has 1 N–H and O–H groups in total. The van der Waals surface area contributed by atoms with Crippen molar-refractivity contribution in [3.8, 4) is 11.5 Å². The highest BCUT2D eigenvalue weighted by Crippen LogP contribution is 2.27. The van der Waals surface area contributed by atoms with Crippen molar-refractivity contribution in [3.05, 3.63) is 59.2 Å². The van der Waals surface area contributed by atoms with Crippen LogP contribution in [0, 0.1) is 6.92 Å². The summed E-state index contributed by atoms with van der Waals surface area (Å²) in [5.41, 5.74) is 3.00. The fraction of sp³-hybridized carbons (Fsp3) is 0.333. The van der Waals surface area contributed by atoms with Crippen LogP contribution in [0.2, 0.25) is 0 Å². The lowest BCUT2D eigenvalue weighted by molar-refractivity contribution is -0.135. The fourth-order valence-corrected chi connectivity index (χ4v) is 2.73. The van der Waals surface area contributed by atoms with Gasteiger partial charge in [-0.25, -0.2) is 0 Å². The van der Waals surface area contributed by atoms with Gasteiger partial charge in [-0.15, -0.1) is 0 Å². The summed E-state index contributed by atoms with van der Waals surface area (Å²) in [5, 5.41) is 2.84. The minimum absolute atomic E-state index is 0.0105. The zero-order valence-electron chi connectivity index (χ0n) is 16.2. The Kier molecular flexibility index (Phi) is 7.23. The van der Waals surface area contributed by atoms with Crippen molar-refractivity contribution in [2.45, 2.75) is 26.9 Å². The smallest absolute Gasteiger partial charge is 0.239 e. The van der Waals surface area contributed by atoms with Gasteiger partial charge in [0.1, 0.15) is 0 Å². The number of hydrogen-bond acceptors (Lipinski definition) is 4. The molecule has 0 bridgehead atoms. The Morgan fingerprint density at radius 1 is 1.00 bits per heavy atom. The first-order valence-electron chi connectivity index (χ1n) is 8.71. The first-order chi connectivity index (χ1) is 12.9. The highest BCUT2D eigenvalue weighted by molar-refractivity contribution is 5.83. The molecule has 0 aromatic heterocycles. The molecule has 0 spiro atoms. The van der Waals surface area contributed by atoms with Crippen molar-refractivity contribution in [3.63, 3.8) is 0 Å². The number of nitrogens with zero attached hydrogens (tertiary/aromatic N) is 1. The van der Waals surface area contributed by atoms with Gasteiger partial charge in [0, 0.05) is 20.0 Å². The van der Waals surface area contributed by atoms with E-state index in [1.165, 1.54) is 11.8 Å². The van der Waals surface area contributed by atoms with Gasteiger partial charge in [-0.3, -0.25) is 9.59 Å². The standard InChI is InChI=1S/C21H26N2O4/c1-15-6-5-7-18(10-15)13-23(16(2)24)14-21(25)22-12-17-8-9-19(26-3)20(11-17)27-4/h5-11H,12-14H2,1-4H3,(H,22,25). The summed E-state index contributed by atoms with van der Waals surface area (Å²) in [7, 11) is 3.14. The molecule has 0 fully saturated rings. The SMILES string of the molecule is COc1ccc(CNC(=O)CN(Cc2cccc(C)c2)C(C)=O)cc1OC. The number of hydrogen-bond donors (Lipinski definition) is 1. The Balaban J connectivity index is 1.95. The maximum Gasteiger partial charge on any atom is 0.239 e. The largest absolute Gasteiger partial charge is 0.493 e. The van der Waals surface area contributed by atoms with Crippen LogP contribution in [-0.2, 0) is 22.7 Å². The normalized spacial score (nSPS) is 10.2. The van der Waals surface area contributed by atoms with E-state index < -0.39 is 0 Å². The summed E-state index contributed by atoms with van der Waals surface area (Å²) in [4.78, 5) is 25.7. The van der Waals surface area contributed by atoms with Crippen LogP contribution < -0.4 is 14.8 Å². The van der Waals surface area contributed by atoms with Crippen LogP contribution in [0.4, 0.5) is 0 Å². The minimum Gasteiger partial charge on any atom is -0.493 e. The molecule has 0 aliphatic carbocycles. The van der Waals surface area contributed by atoms with Crippen LogP contribution in [0.5, 0.6) is 11.5 Å². The molecule has 144 valence electrons. The maximum absolute atomic E-state index is 12.3. The second-order valence-corrected chi connectivity index (χ2v) is 6.33. The molecule has 0 aliphatic heterocycles. The Hall–Kier alpha value is -3.02. The lowest BCUT2D eigenvalue weighted by Gasteiger charge is -2.21. The lowest BCUT2D eigenvalue weighted by atomic mass is 10.1. The minimum atomic E-state index is -0.215. The van der Waals surface area contributed by atoms with Crippen LogP contribution in [0.25, 0.3) is 0 Å². The molecule has 0 aliphatic rings. The molecule has 0 saturated heterocycles. The lowest BCUT2D eigenvalue weighted by Crippen LogP contribution is -2.39. The van der Waals surface area contributed by atoms with E-state index >= 15 is 0 Å². The Labute approximate surface area is 160 Å². The van der Waals surface area contributed by atoms with E-state index in [0.29, 0.717) is 24.6 Å². The van der Waals surface area contributed by atoms with Gasteiger partial charge in [0.2, 0.25) is 11.8 Å². The molecule has 0 atom stereocenters. The Morgan fingerprint density at radius 3 is 2.37 bits per heavy atom. The molecule has 2 aromatic rings. The Bertz CT molecular complexity index is 805. The van der Waals surface area contributed by atoms with Crippen LogP contribution in [0.3, 0.4) is 0 Å². The molecular weight excluding hydrogens is 344 g/mol. The second-order valence-electron chi connectivity index (χ2n) is 6.33. The molecule has 6 nitrogen and oxygen atoms in total. The van der Waals surface area contributed by atoms with Crippen molar-refractivity contribution in [1.82, 2.24) is 10.2 Å². The van der Waals surface area contributed by atoms with Gasteiger partial charge in [-0.05, 0) is 30.2 Å². The van der Waals surface area contributed by atoms with Crippen molar-refractivity contribution >= 4 is 11.8 Å². The van der Waals surface area contributed by atoms with Gasteiger partial charge in [0.05, 0.1) is 20.8 Å². The second kappa shape index (κ2) is 9.62. The van der Waals surface area contributed by atoms with Crippen molar-refractivity contribution in [1.29, 1.82) is 0 Å². The van der Waals surface area contributed by atoms with E-state index in [9.17, 15) is 9.59 Å². The molecule has 2 aromatic carbocycles. The third-order valence-electron chi connectivity index (χ3n) is 4.17. The number of carbonyl (C=O) groups excluding carboxylic acids is 2. The number of carbonyl (C=O) groups is 2. The molecule has 2 rings (SSSR count). The molecular formula is C21H26N2O4. The van der Waals surface area contributed by atoms with Gasteiger partial charge >= 0.3 is 0 Å². The average Bonchev–Trinajstić information content (AvgIpc) is 2.65. The van der Waals surface area contributed by atoms with Gasteiger partial charge in [0.15, 0.2) is 11.5 Å². The molecule has 6 heteroatoms. The zero-order valence-corrected chi connectivity index (χ0v) is 16.2. The summed E-state index contributed by atoms with van der Waals surface area (Å²) >= 11 is 0. The number of amides is 2. The maximum atomic E-state index is 12.3. The van der Waals surface area contributed by atoms with Crippen molar-refractivity contribution in [2.24, 2.45) is 0 Å². The molecule has 2 amide bonds. The average molecular weight is 370 g/mol. The van der Waals surface area contributed by atoms with E-state index in [1.807, 2.05) is 43.3 Å². The van der Waals surface area contributed by atoms with Gasteiger partial charge in [-0.2, -0.15) is 0 Å². The Morgan fingerprint density at radius 2 is 1.74 bits per heavy atom. The van der Waals surface area contributed by atoms with E-state index in [0.717, 1.165) is 16.7 Å². The molecule has 0 saturated carbocycles.